The van der Waals surface area contributed by atoms with Gasteiger partial charge in [-0.05, 0) is 93.3 Å². The molecule has 0 spiro atoms. The highest BCUT2D eigenvalue weighted by Gasteiger charge is 2.36. The van der Waals surface area contributed by atoms with E-state index in [0.717, 1.165) is 56.4 Å². The Morgan fingerprint density at radius 3 is 1.93 bits per heavy atom. The van der Waals surface area contributed by atoms with E-state index in [1.807, 2.05) is 69.3 Å². The van der Waals surface area contributed by atoms with E-state index in [9.17, 15) is 20.6 Å². The summed E-state index contributed by atoms with van der Waals surface area (Å²) in [6, 6.07) is 26.5. The summed E-state index contributed by atoms with van der Waals surface area (Å²) in [4.78, 5) is 17.1. The third kappa shape index (κ3) is 10.8. The molecule has 11 nitrogen and oxygen atoms in total. The average Bonchev–Trinajstić information content (AvgIpc) is 3.45. The maximum absolute atomic E-state index is 13.3. The van der Waals surface area contributed by atoms with Crippen LogP contribution >= 0.6 is 0 Å². The van der Waals surface area contributed by atoms with E-state index in [-0.39, 0.29) is 28.5 Å². The maximum Gasteiger partial charge on any atom is 0.259 e. The van der Waals surface area contributed by atoms with Gasteiger partial charge in [-0.25, -0.2) is 0 Å². The Balaban J connectivity index is 1.49. The second kappa shape index (κ2) is 20.6. The minimum atomic E-state index is -0.410. The van der Waals surface area contributed by atoms with Gasteiger partial charge in [0.15, 0.2) is 5.57 Å². The first kappa shape index (κ1) is 40.4. The lowest BCUT2D eigenvalue weighted by Crippen LogP contribution is -2.27. The molecule has 3 aromatic rings. The Morgan fingerprint density at radius 2 is 1.35 bits per heavy atom. The third-order valence-electron chi connectivity index (χ3n) is 8.53. The Hall–Kier alpha value is -6.38. The molecule has 0 N–H and O–H groups in total. The summed E-state index contributed by atoms with van der Waals surface area (Å²) in [5.74, 6) is 0.121. The average molecular weight is 722 g/mol. The van der Waals surface area contributed by atoms with Crippen molar-refractivity contribution < 1.29 is 9.53 Å². The molecule has 0 fully saturated rings. The molecule has 0 saturated heterocycles. The Labute approximate surface area is 318 Å². The molecular formula is C43H47N9O2. The number of unbranched alkanes of at least 4 members (excludes halogenated alkanes) is 3. The van der Waals surface area contributed by atoms with Crippen molar-refractivity contribution in [1.29, 1.82) is 15.8 Å². The predicted octanol–water partition coefficient (Wildman–Crippen LogP) is 11.5. The lowest BCUT2D eigenvalue weighted by atomic mass is 10.1. The van der Waals surface area contributed by atoms with E-state index in [2.05, 4.69) is 51.3 Å². The topological polar surface area (TPSA) is 154 Å². The molecule has 1 aliphatic heterocycles. The van der Waals surface area contributed by atoms with Crippen LogP contribution in [0.3, 0.4) is 0 Å². The second-order valence-corrected chi connectivity index (χ2v) is 13.0. The number of azo groups is 2. The molecule has 0 aliphatic carbocycles. The molecule has 276 valence electrons. The number of anilines is 1. The number of allylic oxidation sites excluding steroid dienone is 2. The second-order valence-electron chi connectivity index (χ2n) is 13.0. The highest BCUT2D eigenvalue weighted by Crippen LogP contribution is 2.36. The number of amides is 1. The van der Waals surface area contributed by atoms with Crippen LogP contribution in [0.4, 0.5) is 28.4 Å². The zero-order valence-corrected chi connectivity index (χ0v) is 31.8. The first-order chi connectivity index (χ1) is 26.3. The summed E-state index contributed by atoms with van der Waals surface area (Å²) in [6.45, 7) is 12.7. The summed E-state index contributed by atoms with van der Waals surface area (Å²) in [5.41, 5.74) is 4.44. The van der Waals surface area contributed by atoms with Crippen LogP contribution in [-0.4, -0.2) is 36.5 Å². The first-order valence-electron chi connectivity index (χ1n) is 18.5. The molecule has 1 amide bonds. The first-order valence-corrected chi connectivity index (χ1v) is 18.5. The van der Waals surface area contributed by atoms with Gasteiger partial charge in [-0.15, -0.1) is 5.11 Å². The summed E-state index contributed by atoms with van der Waals surface area (Å²) >= 11 is 0. The van der Waals surface area contributed by atoms with Gasteiger partial charge in [0, 0.05) is 31.4 Å². The number of ether oxygens (including phenoxy) is 1. The van der Waals surface area contributed by atoms with Crippen molar-refractivity contribution >= 4 is 40.4 Å². The molecule has 54 heavy (non-hydrogen) atoms. The Bertz CT molecular complexity index is 2010. The summed E-state index contributed by atoms with van der Waals surface area (Å²) in [6.07, 6.45) is 9.27. The Kier molecular flexibility index (Phi) is 15.4. The maximum atomic E-state index is 13.3. The van der Waals surface area contributed by atoms with Gasteiger partial charge in [0.05, 0.1) is 40.0 Å². The Morgan fingerprint density at radius 1 is 0.778 bits per heavy atom. The quantitative estimate of drug-likeness (QED) is 0.0940. The van der Waals surface area contributed by atoms with Gasteiger partial charge in [-0.2, -0.15) is 31.1 Å². The van der Waals surface area contributed by atoms with Crippen molar-refractivity contribution in [1.82, 2.24) is 4.90 Å². The largest absolute Gasteiger partial charge is 0.489 e. The molecule has 4 rings (SSSR count). The van der Waals surface area contributed by atoms with Crippen LogP contribution in [-0.2, 0) is 4.79 Å². The van der Waals surface area contributed by atoms with E-state index in [4.69, 9.17) is 4.74 Å². The van der Waals surface area contributed by atoms with Crippen LogP contribution in [0.25, 0.3) is 6.08 Å². The molecule has 0 atom stereocenters. The van der Waals surface area contributed by atoms with E-state index in [1.54, 1.807) is 36.4 Å². The van der Waals surface area contributed by atoms with Gasteiger partial charge in [0.25, 0.3) is 5.91 Å². The molecular weight excluding hydrogens is 675 g/mol. The zero-order chi connectivity index (χ0) is 38.9. The van der Waals surface area contributed by atoms with Crippen molar-refractivity contribution in [3.05, 3.63) is 101 Å². The van der Waals surface area contributed by atoms with Gasteiger partial charge < -0.3 is 14.5 Å². The minimum Gasteiger partial charge on any atom is -0.489 e. The van der Waals surface area contributed by atoms with Gasteiger partial charge in [-0.3, -0.25) is 4.79 Å². The van der Waals surface area contributed by atoms with Gasteiger partial charge >= 0.3 is 0 Å². The molecule has 0 saturated carbocycles. The van der Waals surface area contributed by atoms with Crippen LogP contribution in [0.15, 0.2) is 116 Å². The predicted molar refractivity (Wildman–Crippen MR) is 212 cm³/mol. The van der Waals surface area contributed by atoms with Crippen LogP contribution in [0, 0.1) is 34.0 Å². The highest BCUT2D eigenvalue weighted by atomic mass is 16.5. The molecule has 11 heteroatoms. The standard InChI is InChI=1S/C43H47N9O2/c1-6-9-24-51(25-10-7-2)37-20-17-35(18-21-37)47-49-36-19-23-40(41(27-36)54-31(4)5)50-48-34-15-12-32(13-16-34)14-22-38-39(30-46)42(33(28-44)29-45)52(43(38)53)26-11-8-3/h12-23,27,31H,6-11,24-26H2,1-5H3/b22-14+,49-47+,50-48+. The monoisotopic (exact) mass is 721 g/mol. The SMILES string of the molecule is CCCCN1C(=O)C(/C=C/c2ccc(/N=N/c3ccc(/N=N/c4ccc(N(CCCC)CCCC)cc4)cc3OC(C)C)cc2)=C(C#N)C1=C(C#N)C#N. The number of rotatable bonds is 18. The fourth-order valence-electron chi connectivity index (χ4n) is 5.66. The van der Waals surface area contributed by atoms with Gasteiger partial charge in [0.2, 0.25) is 0 Å². The number of hydrogen-bond donors (Lipinski definition) is 0. The van der Waals surface area contributed by atoms with E-state index in [0.29, 0.717) is 35.8 Å². The zero-order valence-electron chi connectivity index (χ0n) is 31.8. The van der Waals surface area contributed by atoms with Crippen LogP contribution in [0.1, 0.15) is 78.7 Å². The number of benzene rings is 3. The van der Waals surface area contributed by atoms with Crippen LogP contribution < -0.4 is 9.64 Å². The lowest BCUT2D eigenvalue weighted by molar-refractivity contribution is -0.124. The van der Waals surface area contributed by atoms with Crippen molar-refractivity contribution in [2.24, 2.45) is 20.5 Å². The number of nitriles is 3. The van der Waals surface area contributed by atoms with Gasteiger partial charge in [0.1, 0.15) is 29.6 Å². The number of carbonyl (C=O) groups is 1. The smallest absolute Gasteiger partial charge is 0.259 e. The van der Waals surface area contributed by atoms with Crippen LogP contribution in [0.5, 0.6) is 5.75 Å². The summed E-state index contributed by atoms with van der Waals surface area (Å²) in [5, 5.41) is 46.7. The molecule has 1 aliphatic rings. The molecule has 0 aromatic heterocycles. The van der Waals surface area contributed by atoms with Crippen molar-refractivity contribution in [3.63, 3.8) is 0 Å². The molecule has 0 bridgehead atoms. The third-order valence-corrected chi connectivity index (χ3v) is 8.53. The number of hydrogen-bond acceptors (Lipinski definition) is 10. The summed E-state index contributed by atoms with van der Waals surface area (Å²) < 4.78 is 6.06. The lowest BCUT2D eigenvalue weighted by Gasteiger charge is -2.24. The van der Waals surface area contributed by atoms with E-state index < -0.39 is 5.91 Å². The fourth-order valence-corrected chi connectivity index (χ4v) is 5.66. The van der Waals surface area contributed by atoms with Crippen molar-refractivity contribution in [2.75, 3.05) is 24.5 Å². The van der Waals surface area contributed by atoms with E-state index in [1.165, 1.54) is 10.6 Å². The number of nitrogens with zero attached hydrogens (tertiary/aromatic N) is 9. The van der Waals surface area contributed by atoms with Crippen LogP contribution in [0.2, 0.25) is 0 Å². The molecule has 3 aromatic carbocycles. The molecule has 0 radical (unpaired) electrons. The van der Waals surface area contributed by atoms with Crippen molar-refractivity contribution in [3.8, 4) is 24.0 Å². The van der Waals surface area contributed by atoms with Gasteiger partial charge in [-0.1, -0.05) is 58.2 Å². The summed E-state index contributed by atoms with van der Waals surface area (Å²) in [7, 11) is 0. The minimum absolute atomic E-state index is 0.0174. The van der Waals surface area contributed by atoms with Crippen molar-refractivity contribution in [2.45, 2.75) is 79.2 Å². The highest BCUT2D eigenvalue weighted by molar-refractivity contribution is 6.05. The normalized spacial score (nSPS) is 13.0. The molecule has 0 unspecified atom stereocenters. The van der Waals surface area contributed by atoms with E-state index >= 15 is 0 Å². The number of carbonyl (C=O) groups excluding carboxylic acids is 1. The fraction of sp³-hybridized carbons (Fsp3) is 0.349. The molecule has 1 heterocycles.